The van der Waals surface area contributed by atoms with Crippen LogP contribution < -0.4 is 10.1 Å². The minimum absolute atomic E-state index is 0.462. The van der Waals surface area contributed by atoms with Crippen molar-refractivity contribution in [2.45, 2.75) is 17.9 Å². The summed E-state index contributed by atoms with van der Waals surface area (Å²) in [5.41, 5.74) is 2.72. The Morgan fingerprint density at radius 2 is 2.04 bits per heavy atom. The Morgan fingerprint density at radius 3 is 2.78 bits per heavy atom. The molecule has 138 valence electrons. The number of aryl methyl sites for hydroxylation is 1. The molecule has 0 aliphatic heterocycles. The first-order valence-electron chi connectivity index (χ1n) is 8.07. The molecule has 4 aromatic rings. The van der Waals surface area contributed by atoms with Crippen LogP contribution in [-0.4, -0.2) is 22.3 Å². The second-order valence-electron chi connectivity index (χ2n) is 5.55. The molecule has 3 heterocycles. The minimum atomic E-state index is 0.462. The lowest BCUT2D eigenvalue weighted by Gasteiger charge is -2.03. The predicted octanol–water partition coefficient (Wildman–Crippen LogP) is 5.14. The molecular weight excluding hydrogens is 384 g/mol. The second-order valence-corrected chi connectivity index (χ2v) is 7.33. The van der Waals surface area contributed by atoms with Crippen LogP contribution in [0.1, 0.15) is 11.5 Å². The highest BCUT2D eigenvalue weighted by Crippen LogP contribution is 2.29. The van der Waals surface area contributed by atoms with E-state index in [2.05, 4.69) is 20.5 Å². The topological polar surface area (TPSA) is 86.2 Å². The molecule has 9 heteroatoms. The number of aromatic nitrogens is 3. The van der Waals surface area contributed by atoms with E-state index in [1.165, 1.54) is 11.8 Å². The molecule has 1 aromatic carbocycles. The highest BCUT2D eigenvalue weighted by molar-refractivity contribution is 7.98. The maximum atomic E-state index is 5.68. The zero-order chi connectivity index (χ0) is 18.6. The molecule has 0 saturated heterocycles. The normalized spacial score (nSPS) is 10.9. The molecule has 1 N–H and O–H groups in total. The van der Waals surface area contributed by atoms with Crippen LogP contribution in [0.15, 0.2) is 56.0 Å². The number of ether oxygens (including phenoxy) is 1. The van der Waals surface area contributed by atoms with E-state index in [0.717, 1.165) is 33.6 Å². The Labute approximate surface area is 163 Å². The van der Waals surface area contributed by atoms with Crippen LogP contribution >= 0.6 is 23.1 Å². The average Bonchev–Trinajstić information content (AvgIpc) is 3.42. The fourth-order valence-corrected chi connectivity index (χ4v) is 3.84. The van der Waals surface area contributed by atoms with Gasteiger partial charge >= 0.3 is 0 Å². The van der Waals surface area contributed by atoms with Crippen molar-refractivity contribution in [1.29, 1.82) is 0 Å². The Balaban J connectivity index is 1.35. The number of hydrogen-bond donors (Lipinski definition) is 1. The number of nitrogens with zero attached hydrogens (tertiary/aromatic N) is 3. The fraction of sp³-hybridized carbons (Fsp3) is 0.167. The summed E-state index contributed by atoms with van der Waals surface area (Å²) in [4.78, 5) is 4.58. The van der Waals surface area contributed by atoms with Crippen LogP contribution in [0.5, 0.6) is 5.75 Å². The monoisotopic (exact) mass is 400 g/mol. The number of methoxy groups -OCH3 is 1. The Morgan fingerprint density at radius 1 is 1.19 bits per heavy atom. The molecule has 7 nitrogen and oxygen atoms in total. The number of nitrogens with one attached hydrogen (secondary N) is 1. The number of furan rings is 1. The Bertz CT molecular complexity index is 1020. The van der Waals surface area contributed by atoms with E-state index in [0.29, 0.717) is 16.9 Å². The van der Waals surface area contributed by atoms with Crippen LogP contribution in [0.4, 0.5) is 10.8 Å². The molecule has 0 bridgehead atoms. The van der Waals surface area contributed by atoms with Gasteiger partial charge in [-0.05, 0) is 37.3 Å². The van der Waals surface area contributed by atoms with Crippen molar-refractivity contribution >= 4 is 33.9 Å². The number of benzene rings is 1. The van der Waals surface area contributed by atoms with Crippen molar-refractivity contribution in [2.75, 3.05) is 12.4 Å². The number of hydrogen-bond acceptors (Lipinski definition) is 9. The van der Waals surface area contributed by atoms with E-state index in [1.807, 2.05) is 42.6 Å². The largest absolute Gasteiger partial charge is 0.497 e. The smallest absolute Gasteiger partial charge is 0.277 e. The molecule has 0 fully saturated rings. The third kappa shape index (κ3) is 4.15. The maximum Gasteiger partial charge on any atom is 0.277 e. The summed E-state index contributed by atoms with van der Waals surface area (Å²) in [5, 5.41) is 14.8. The molecule has 3 aromatic heterocycles. The summed E-state index contributed by atoms with van der Waals surface area (Å²) in [5.74, 6) is 2.68. The third-order valence-corrected chi connectivity index (χ3v) is 5.39. The Hall–Kier alpha value is -2.78. The SMILES string of the molecule is COc1ccc(Nc2nc(CSc3nnc(-c4ccoc4C)o3)cs2)cc1. The molecule has 0 aliphatic rings. The van der Waals surface area contributed by atoms with Gasteiger partial charge in [0.15, 0.2) is 5.13 Å². The van der Waals surface area contributed by atoms with Gasteiger partial charge in [0.05, 0.1) is 24.6 Å². The van der Waals surface area contributed by atoms with Crippen LogP contribution in [0.3, 0.4) is 0 Å². The van der Waals surface area contributed by atoms with E-state index in [-0.39, 0.29) is 0 Å². The molecule has 0 saturated carbocycles. The summed E-state index contributed by atoms with van der Waals surface area (Å²) in [7, 11) is 1.65. The zero-order valence-corrected chi connectivity index (χ0v) is 16.3. The van der Waals surface area contributed by atoms with Crippen molar-refractivity contribution in [3.8, 4) is 17.2 Å². The van der Waals surface area contributed by atoms with Gasteiger partial charge in [0.25, 0.3) is 11.1 Å². The van der Waals surface area contributed by atoms with Crippen LogP contribution in [-0.2, 0) is 5.75 Å². The number of thiazole rings is 1. The molecule has 0 atom stereocenters. The summed E-state index contributed by atoms with van der Waals surface area (Å²) in [6.45, 7) is 1.86. The van der Waals surface area contributed by atoms with Gasteiger partial charge in [-0.3, -0.25) is 0 Å². The summed E-state index contributed by atoms with van der Waals surface area (Å²) < 4.78 is 16.1. The van der Waals surface area contributed by atoms with Gasteiger partial charge in [-0.2, -0.15) is 0 Å². The summed E-state index contributed by atoms with van der Waals surface area (Å²) in [6.07, 6.45) is 1.61. The highest BCUT2D eigenvalue weighted by atomic mass is 32.2. The van der Waals surface area contributed by atoms with Gasteiger partial charge in [0, 0.05) is 16.8 Å². The van der Waals surface area contributed by atoms with E-state index in [1.54, 1.807) is 24.7 Å². The average molecular weight is 400 g/mol. The van der Waals surface area contributed by atoms with Crippen molar-refractivity contribution < 1.29 is 13.6 Å². The molecule has 27 heavy (non-hydrogen) atoms. The Kier molecular flexibility index (Phi) is 5.12. The van der Waals surface area contributed by atoms with Crippen LogP contribution in [0.25, 0.3) is 11.5 Å². The van der Waals surface area contributed by atoms with Crippen molar-refractivity contribution in [3.63, 3.8) is 0 Å². The van der Waals surface area contributed by atoms with Gasteiger partial charge in [-0.1, -0.05) is 11.8 Å². The summed E-state index contributed by atoms with van der Waals surface area (Å²) >= 11 is 3.00. The van der Waals surface area contributed by atoms with E-state index >= 15 is 0 Å². The molecule has 0 aliphatic carbocycles. The second kappa shape index (κ2) is 7.85. The van der Waals surface area contributed by atoms with Gasteiger partial charge in [-0.15, -0.1) is 21.5 Å². The predicted molar refractivity (Wildman–Crippen MR) is 105 cm³/mol. The minimum Gasteiger partial charge on any atom is -0.497 e. The van der Waals surface area contributed by atoms with Gasteiger partial charge in [-0.25, -0.2) is 4.98 Å². The third-order valence-electron chi connectivity index (χ3n) is 3.73. The van der Waals surface area contributed by atoms with E-state index in [9.17, 15) is 0 Å². The van der Waals surface area contributed by atoms with Crippen molar-refractivity contribution in [3.05, 3.63) is 53.4 Å². The lowest BCUT2D eigenvalue weighted by molar-refractivity contribution is 0.415. The number of anilines is 2. The first kappa shape index (κ1) is 17.6. The first-order chi connectivity index (χ1) is 13.2. The lowest BCUT2D eigenvalue weighted by atomic mass is 10.3. The zero-order valence-electron chi connectivity index (χ0n) is 14.6. The van der Waals surface area contributed by atoms with E-state index in [4.69, 9.17) is 13.6 Å². The fourth-order valence-electron chi connectivity index (χ4n) is 2.35. The standard InChI is InChI=1S/C18H16N4O3S2/c1-11-15(7-8-24-11)16-21-22-18(25-16)27-10-13-9-26-17(20-13)19-12-3-5-14(23-2)6-4-12/h3-9H,10H2,1-2H3,(H,19,20). The number of rotatable bonds is 7. The summed E-state index contributed by atoms with van der Waals surface area (Å²) in [6, 6.07) is 9.52. The number of thioether (sulfide) groups is 1. The van der Waals surface area contributed by atoms with Crippen LogP contribution in [0.2, 0.25) is 0 Å². The van der Waals surface area contributed by atoms with Gasteiger partial charge < -0.3 is 18.9 Å². The van der Waals surface area contributed by atoms with Gasteiger partial charge in [0.1, 0.15) is 11.5 Å². The first-order valence-corrected chi connectivity index (χ1v) is 9.94. The quantitative estimate of drug-likeness (QED) is 0.427. The maximum absolute atomic E-state index is 5.68. The van der Waals surface area contributed by atoms with Crippen molar-refractivity contribution in [1.82, 2.24) is 15.2 Å². The molecule has 0 unspecified atom stereocenters. The highest BCUT2D eigenvalue weighted by Gasteiger charge is 2.14. The van der Waals surface area contributed by atoms with Gasteiger partial charge in [0.2, 0.25) is 0 Å². The van der Waals surface area contributed by atoms with E-state index < -0.39 is 0 Å². The molecule has 0 amide bonds. The molecule has 0 spiro atoms. The lowest BCUT2D eigenvalue weighted by Crippen LogP contribution is -1.90. The molecule has 4 rings (SSSR count). The van der Waals surface area contributed by atoms with Crippen molar-refractivity contribution in [2.24, 2.45) is 0 Å². The molecular formula is C18H16N4O3S2. The van der Waals surface area contributed by atoms with Crippen LogP contribution in [0, 0.1) is 6.92 Å². The molecule has 0 radical (unpaired) electrons.